The van der Waals surface area contributed by atoms with Crippen molar-refractivity contribution in [2.45, 2.75) is 0 Å². The number of benzene rings is 6. The molecule has 0 saturated heterocycles. The van der Waals surface area contributed by atoms with Crippen LogP contribution in [0.1, 0.15) is 0 Å². The minimum atomic E-state index is 0.665. The van der Waals surface area contributed by atoms with Gasteiger partial charge in [-0.2, -0.15) is 0 Å². The number of fused-ring (bicyclic) bond motifs is 6. The van der Waals surface area contributed by atoms with Crippen LogP contribution in [0.5, 0.6) is 0 Å². The van der Waals surface area contributed by atoms with Crippen LogP contribution in [0.3, 0.4) is 0 Å². The zero-order valence-electron chi connectivity index (χ0n) is 26.6. The Morgan fingerprint density at radius 2 is 1.06 bits per heavy atom. The number of aromatic nitrogens is 4. The van der Waals surface area contributed by atoms with Crippen LogP contribution in [0.4, 0.5) is 0 Å². The average molecular weight is 659 g/mol. The van der Waals surface area contributed by atoms with Crippen LogP contribution in [0, 0.1) is 0 Å². The van der Waals surface area contributed by atoms with Crippen molar-refractivity contribution < 1.29 is 4.42 Å². The molecular formula is C44H26N4OS. The lowest BCUT2D eigenvalue weighted by Gasteiger charge is -2.10. The zero-order chi connectivity index (χ0) is 33.0. The molecular weight excluding hydrogens is 633 g/mol. The summed E-state index contributed by atoms with van der Waals surface area (Å²) in [5.74, 6) is 1.35. The van der Waals surface area contributed by atoms with E-state index in [1.54, 1.807) is 11.3 Å². The van der Waals surface area contributed by atoms with Crippen molar-refractivity contribution in [1.82, 2.24) is 19.9 Å². The maximum Gasteiger partial charge on any atom is 0.180 e. The minimum absolute atomic E-state index is 0.665. The maximum atomic E-state index is 6.51. The highest BCUT2D eigenvalue weighted by Crippen LogP contribution is 2.45. The number of hydrogen-bond donors (Lipinski definition) is 0. The fourth-order valence-corrected chi connectivity index (χ4v) is 8.03. The fraction of sp³-hybridized carbons (Fsp3) is 0. The molecule has 0 aliphatic carbocycles. The van der Waals surface area contributed by atoms with Gasteiger partial charge in [0.05, 0.1) is 11.4 Å². The molecule has 10 aromatic rings. The Labute approximate surface area is 291 Å². The number of nitrogens with zero attached hydrogens (tertiary/aromatic N) is 4. The van der Waals surface area contributed by atoms with Gasteiger partial charge in [-0.05, 0) is 24.3 Å². The zero-order valence-corrected chi connectivity index (χ0v) is 27.4. The van der Waals surface area contributed by atoms with Gasteiger partial charge in [-0.25, -0.2) is 19.9 Å². The normalized spacial score (nSPS) is 11.6. The van der Waals surface area contributed by atoms with Crippen LogP contribution >= 0.6 is 11.3 Å². The first-order valence-corrected chi connectivity index (χ1v) is 17.3. The number of hydrogen-bond acceptors (Lipinski definition) is 6. The van der Waals surface area contributed by atoms with E-state index in [0.29, 0.717) is 17.2 Å². The summed E-state index contributed by atoms with van der Waals surface area (Å²) in [7, 11) is 0. The molecule has 4 aromatic heterocycles. The van der Waals surface area contributed by atoms with Crippen LogP contribution in [-0.2, 0) is 0 Å². The largest absolute Gasteiger partial charge is 0.452 e. The van der Waals surface area contributed by atoms with E-state index in [0.717, 1.165) is 81.6 Å². The Bertz CT molecular complexity index is 2810. The molecule has 0 aliphatic heterocycles. The highest BCUT2D eigenvalue weighted by Gasteiger charge is 2.22. The van der Waals surface area contributed by atoms with E-state index in [9.17, 15) is 0 Å². The molecule has 10 rings (SSSR count). The first-order valence-electron chi connectivity index (χ1n) is 16.5. The first kappa shape index (κ1) is 28.5. The number of thiophene rings is 1. The van der Waals surface area contributed by atoms with Gasteiger partial charge in [0.2, 0.25) is 0 Å². The van der Waals surface area contributed by atoms with Crippen molar-refractivity contribution in [2.24, 2.45) is 0 Å². The van der Waals surface area contributed by atoms with Crippen LogP contribution in [-0.4, -0.2) is 19.9 Å². The Morgan fingerprint density at radius 1 is 0.460 bits per heavy atom. The predicted molar refractivity (Wildman–Crippen MR) is 205 cm³/mol. The highest BCUT2D eigenvalue weighted by atomic mass is 32.1. The van der Waals surface area contributed by atoms with Gasteiger partial charge in [0.25, 0.3) is 0 Å². The van der Waals surface area contributed by atoms with Gasteiger partial charge in [-0.3, -0.25) is 0 Å². The van der Waals surface area contributed by atoms with E-state index < -0.39 is 0 Å². The molecule has 0 N–H and O–H groups in total. The molecule has 0 amide bonds. The van der Waals surface area contributed by atoms with Gasteiger partial charge in [0.1, 0.15) is 16.8 Å². The first-order chi connectivity index (χ1) is 24.8. The summed E-state index contributed by atoms with van der Waals surface area (Å²) in [6.45, 7) is 0. The van der Waals surface area contributed by atoms with Crippen molar-refractivity contribution in [1.29, 1.82) is 0 Å². The standard InChI is InChI=1S/C44H26N4OS/c1-4-14-27(15-5-1)34-26-35(28-16-6-2-7-17-28)46-44(45-34)32-22-13-25-37-38(32)31-21-12-23-33(42(31)50-37)40-41-39(30-20-10-11-24-36(30)49-41)47-43(48-40)29-18-8-3-9-19-29/h1-26H. The van der Waals surface area contributed by atoms with Crippen LogP contribution in [0.2, 0.25) is 0 Å². The molecule has 0 unspecified atom stereocenters. The molecule has 0 radical (unpaired) electrons. The Hall–Kier alpha value is -6.50. The van der Waals surface area contributed by atoms with Gasteiger partial charge in [0.15, 0.2) is 17.2 Å². The molecule has 0 bridgehead atoms. The van der Waals surface area contributed by atoms with Crippen LogP contribution < -0.4 is 0 Å². The monoisotopic (exact) mass is 658 g/mol. The number of para-hydroxylation sites is 1. The second kappa shape index (κ2) is 11.6. The van der Waals surface area contributed by atoms with Crippen molar-refractivity contribution >= 4 is 53.6 Å². The third-order valence-corrected chi connectivity index (χ3v) is 10.3. The fourth-order valence-electron chi connectivity index (χ4n) is 6.79. The van der Waals surface area contributed by atoms with Crippen molar-refractivity contribution in [3.05, 3.63) is 158 Å². The SMILES string of the molecule is c1ccc(-c2cc(-c3ccccc3)nc(-c3cccc4sc5c(-c6nc(-c7ccccc7)nc7c6oc6ccccc67)cccc5c34)n2)cc1. The molecule has 4 heterocycles. The van der Waals surface area contributed by atoms with Crippen molar-refractivity contribution in [3.63, 3.8) is 0 Å². The molecule has 5 nitrogen and oxygen atoms in total. The van der Waals surface area contributed by atoms with Crippen LogP contribution in [0.15, 0.2) is 162 Å². The molecule has 0 atom stereocenters. The van der Waals surface area contributed by atoms with E-state index in [1.165, 1.54) is 0 Å². The van der Waals surface area contributed by atoms with Gasteiger partial charge in [-0.15, -0.1) is 11.3 Å². The Kier molecular flexibility index (Phi) is 6.60. The summed E-state index contributed by atoms with van der Waals surface area (Å²) in [6.07, 6.45) is 0. The van der Waals surface area contributed by atoms with Crippen LogP contribution in [0.25, 0.3) is 98.8 Å². The van der Waals surface area contributed by atoms with Gasteiger partial charge in [0, 0.05) is 53.4 Å². The lowest BCUT2D eigenvalue weighted by Crippen LogP contribution is -1.96. The lowest BCUT2D eigenvalue weighted by molar-refractivity contribution is 0.667. The quantitative estimate of drug-likeness (QED) is 0.184. The highest BCUT2D eigenvalue weighted by molar-refractivity contribution is 7.26. The summed E-state index contributed by atoms with van der Waals surface area (Å²) in [5.41, 5.74) is 9.86. The third kappa shape index (κ3) is 4.69. The second-order valence-corrected chi connectivity index (χ2v) is 13.2. The predicted octanol–water partition coefficient (Wildman–Crippen LogP) is 11.9. The van der Waals surface area contributed by atoms with E-state index in [2.05, 4.69) is 72.8 Å². The molecule has 0 saturated carbocycles. The Morgan fingerprint density at radius 3 is 1.78 bits per heavy atom. The molecule has 50 heavy (non-hydrogen) atoms. The lowest BCUT2D eigenvalue weighted by atomic mass is 10.0. The topological polar surface area (TPSA) is 64.7 Å². The van der Waals surface area contributed by atoms with E-state index in [-0.39, 0.29) is 0 Å². The smallest absolute Gasteiger partial charge is 0.180 e. The average Bonchev–Trinajstić information content (AvgIpc) is 3.77. The van der Waals surface area contributed by atoms with E-state index in [4.69, 9.17) is 24.4 Å². The molecule has 0 aliphatic rings. The number of rotatable bonds is 5. The van der Waals surface area contributed by atoms with Crippen molar-refractivity contribution in [3.8, 4) is 56.5 Å². The summed E-state index contributed by atoms with van der Waals surface area (Å²) >= 11 is 1.75. The molecule has 0 spiro atoms. The molecule has 234 valence electrons. The van der Waals surface area contributed by atoms with Gasteiger partial charge in [-0.1, -0.05) is 133 Å². The number of furan rings is 1. The molecule has 0 fully saturated rings. The van der Waals surface area contributed by atoms with Gasteiger partial charge < -0.3 is 4.42 Å². The molecule has 6 heteroatoms. The maximum absolute atomic E-state index is 6.51. The summed E-state index contributed by atoms with van der Waals surface area (Å²) in [4.78, 5) is 20.6. The van der Waals surface area contributed by atoms with E-state index in [1.807, 2.05) is 84.9 Å². The minimum Gasteiger partial charge on any atom is -0.452 e. The summed E-state index contributed by atoms with van der Waals surface area (Å²) in [6, 6.07) is 53.7. The van der Waals surface area contributed by atoms with Crippen molar-refractivity contribution in [2.75, 3.05) is 0 Å². The second-order valence-electron chi connectivity index (χ2n) is 12.2. The summed E-state index contributed by atoms with van der Waals surface area (Å²) < 4.78 is 8.79. The van der Waals surface area contributed by atoms with E-state index >= 15 is 0 Å². The Balaban J connectivity index is 1.23. The summed E-state index contributed by atoms with van der Waals surface area (Å²) in [5, 5.41) is 3.22. The van der Waals surface area contributed by atoms with Gasteiger partial charge >= 0.3 is 0 Å². The third-order valence-electron chi connectivity index (χ3n) is 9.14. The molecule has 6 aromatic carbocycles.